The van der Waals surface area contributed by atoms with Crippen LogP contribution in [0.1, 0.15) is 20.8 Å². The first-order valence-electron chi connectivity index (χ1n) is 6.12. The fourth-order valence-corrected chi connectivity index (χ4v) is 2.17. The number of benzene rings is 1. The first-order valence-corrected chi connectivity index (χ1v) is 6.12. The van der Waals surface area contributed by atoms with Gasteiger partial charge in [-0.05, 0) is 12.2 Å². The molecular weight excluding hydrogens is 254 g/mol. The molecule has 1 aromatic heterocycles. The van der Waals surface area contributed by atoms with E-state index in [1.165, 1.54) is 19.3 Å². The van der Waals surface area contributed by atoms with Crippen molar-refractivity contribution in [2.45, 2.75) is 0 Å². The summed E-state index contributed by atoms with van der Waals surface area (Å²) in [6, 6.07) is 11.1. The van der Waals surface area contributed by atoms with Gasteiger partial charge in [0.2, 0.25) is 5.78 Å². The highest BCUT2D eigenvalue weighted by Crippen LogP contribution is 2.30. The SMILES string of the molecule is COc1cc(-c2ccccc2)nc2c1C(=O)C=CC2=O. The van der Waals surface area contributed by atoms with Crippen molar-refractivity contribution in [2.75, 3.05) is 7.11 Å². The minimum Gasteiger partial charge on any atom is -0.496 e. The number of allylic oxidation sites excluding steroid dienone is 2. The maximum Gasteiger partial charge on any atom is 0.205 e. The Morgan fingerprint density at radius 1 is 1.00 bits per heavy atom. The van der Waals surface area contributed by atoms with Gasteiger partial charge in [0.05, 0.1) is 18.4 Å². The van der Waals surface area contributed by atoms with Crippen LogP contribution in [0, 0.1) is 0 Å². The van der Waals surface area contributed by atoms with Crippen LogP contribution in [0.15, 0.2) is 48.6 Å². The number of hydrogen-bond acceptors (Lipinski definition) is 4. The summed E-state index contributed by atoms with van der Waals surface area (Å²) in [5, 5.41) is 0. The lowest BCUT2D eigenvalue weighted by atomic mass is 9.97. The molecule has 0 aliphatic heterocycles. The van der Waals surface area contributed by atoms with Crippen molar-refractivity contribution in [3.05, 3.63) is 59.8 Å². The number of methoxy groups -OCH3 is 1. The maximum atomic E-state index is 11.9. The average Bonchev–Trinajstić information content (AvgIpc) is 2.51. The smallest absolute Gasteiger partial charge is 0.205 e. The van der Waals surface area contributed by atoms with E-state index in [0.717, 1.165) is 5.56 Å². The van der Waals surface area contributed by atoms with Gasteiger partial charge in [0.25, 0.3) is 0 Å². The number of aromatic nitrogens is 1. The highest BCUT2D eigenvalue weighted by atomic mass is 16.5. The predicted molar refractivity (Wildman–Crippen MR) is 74.0 cm³/mol. The molecule has 1 aromatic carbocycles. The maximum absolute atomic E-state index is 11.9. The summed E-state index contributed by atoms with van der Waals surface area (Å²) in [5.74, 6) is -0.171. The monoisotopic (exact) mass is 265 g/mol. The number of carbonyl (C=O) groups excluding carboxylic acids is 2. The van der Waals surface area contributed by atoms with Gasteiger partial charge in [-0.2, -0.15) is 0 Å². The van der Waals surface area contributed by atoms with E-state index in [1.807, 2.05) is 30.3 Å². The molecule has 0 atom stereocenters. The van der Waals surface area contributed by atoms with Gasteiger partial charge < -0.3 is 4.74 Å². The molecule has 4 heteroatoms. The van der Waals surface area contributed by atoms with Crippen LogP contribution in [0.2, 0.25) is 0 Å². The van der Waals surface area contributed by atoms with Crippen molar-refractivity contribution in [1.29, 1.82) is 0 Å². The number of ether oxygens (including phenoxy) is 1. The fraction of sp³-hybridized carbons (Fsp3) is 0.0625. The molecule has 20 heavy (non-hydrogen) atoms. The molecule has 0 saturated carbocycles. The summed E-state index contributed by atoms with van der Waals surface area (Å²) in [6.07, 6.45) is 2.49. The molecule has 2 aromatic rings. The lowest BCUT2D eigenvalue weighted by Gasteiger charge is -2.14. The molecule has 98 valence electrons. The number of fused-ring (bicyclic) bond motifs is 1. The fourth-order valence-electron chi connectivity index (χ4n) is 2.17. The van der Waals surface area contributed by atoms with Crippen molar-refractivity contribution in [2.24, 2.45) is 0 Å². The van der Waals surface area contributed by atoms with E-state index in [2.05, 4.69) is 4.98 Å². The standard InChI is InChI=1S/C16H11NO3/c1-20-14-9-11(10-5-3-2-4-6-10)17-16-13(19)8-7-12(18)15(14)16/h2-9H,1H3. The molecule has 0 radical (unpaired) electrons. The molecule has 1 aliphatic carbocycles. The Kier molecular flexibility index (Phi) is 2.91. The van der Waals surface area contributed by atoms with Crippen LogP contribution in [-0.2, 0) is 0 Å². The molecule has 3 rings (SSSR count). The molecule has 4 nitrogen and oxygen atoms in total. The summed E-state index contributed by atoms with van der Waals surface area (Å²) in [4.78, 5) is 28.1. The van der Waals surface area contributed by atoms with E-state index < -0.39 is 0 Å². The summed E-state index contributed by atoms with van der Waals surface area (Å²) in [6.45, 7) is 0. The Balaban J connectivity index is 2.25. The molecular formula is C16H11NO3. The largest absolute Gasteiger partial charge is 0.496 e. The Labute approximate surface area is 115 Å². The molecule has 1 aliphatic rings. The minimum atomic E-state index is -0.282. The van der Waals surface area contributed by atoms with Crippen LogP contribution in [0.4, 0.5) is 0 Å². The summed E-state index contributed by atoms with van der Waals surface area (Å²) in [7, 11) is 1.47. The normalized spacial score (nSPS) is 13.2. The van der Waals surface area contributed by atoms with Crippen LogP contribution >= 0.6 is 0 Å². The molecule has 1 heterocycles. The quantitative estimate of drug-likeness (QED) is 0.837. The van der Waals surface area contributed by atoms with Gasteiger partial charge in [0.15, 0.2) is 5.78 Å². The van der Waals surface area contributed by atoms with Gasteiger partial charge in [0.1, 0.15) is 11.4 Å². The Hall–Kier alpha value is -2.75. The number of ketones is 2. The van der Waals surface area contributed by atoms with Crippen molar-refractivity contribution in [3.63, 3.8) is 0 Å². The molecule has 0 saturated heterocycles. The van der Waals surface area contributed by atoms with Crippen LogP contribution in [0.5, 0.6) is 5.75 Å². The second-order valence-electron chi connectivity index (χ2n) is 4.36. The van der Waals surface area contributed by atoms with E-state index in [0.29, 0.717) is 11.4 Å². The highest BCUT2D eigenvalue weighted by Gasteiger charge is 2.26. The lowest BCUT2D eigenvalue weighted by Crippen LogP contribution is -2.15. The topological polar surface area (TPSA) is 56.3 Å². The van der Waals surface area contributed by atoms with Crippen LogP contribution in [0.25, 0.3) is 11.3 Å². The third-order valence-corrected chi connectivity index (χ3v) is 3.14. The molecule has 0 unspecified atom stereocenters. The van der Waals surface area contributed by atoms with Crippen LogP contribution in [-0.4, -0.2) is 23.7 Å². The molecule has 0 amide bonds. The Morgan fingerprint density at radius 2 is 1.70 bits per heavy atom. The third-order valence-electron chi connectivity index (χ3n) is 3.14. The van der Waals surface area contributed by atoms with E-state index >= 15 is 0 Å². The van der Waals surface area contributed by atoms with E-state index in [1.54, 1.807) is 6.07 Å². The zero-order valence-electron chi connectivity index (χ0n) is 10.8. The zero-order chi connectivity index (χ0) is 14.1. The van der Waals surface area contributed by atoms with Gasteiger partial charge in [-0.25, -0.2) is 4.98 Å². The van der Waals surface area contributed by atoms with Gasteiger partial charge in [-0.15, -0.1) is 0 Å². The number of nitrogens with zero attached hydrogens (tertiary/aromatic N) is 1. The van der Waals surface area contributed by atoms with E-state index in [9.17, 15) is 9.59 Å². The zero-order valence-corrected chi connectivity index (χ0v) is 10.8. The summed E-state index contributed by atoms with van der Waals surface area (Å²) < 4.78 is 5.25. The van der Waals surface area contributed by atoms with Gasteiger partial charge in [-0.1, -0.05) is 30.3 Å². The molecule has 0 spiro atoms. The second kappa shape index (κ2) is 4.74. The van der Waals surface area contributed by atoms with Crippen LogP contribution in [0.3, 0.4) is 0 Å². The van der Waals surface area contributed by atoms with Gasteiger partial charge in [-0.3, -0.25) is 9.59 Å². The lowest BCUT2D eigenvalue weighted by molar-refractivity contribution is 0.0988. The van der Waals surface area contributed by atoms with Crippen molar-refractivity contribution < 1.29 is 14.3 Å². The number of carbonyl (C=O) groups is 2. The molecule has 0 N–H and O–H groups in total. The summed E-state index contributed by atoms with van der Waals surface area (Å²) in [5.41, 5.74) is 1.86. The van der Waals surface area contributed by atoms with Crippen molar-refractivity contribution in [3.8, 4) is 17.0 Å². The number of pyridine rings is 1. The minimum absolute atomic E-state index is 0.149. The van der Waals surface area contributed by atoms with Gasteiger partial charge in [0, 0.05) is 11.6 Å². The second-order valence-corrected chi connectivity index (χ2v) is 4.36. The predicted octanol–water partition coefficient (Wildman–Crippen LogP) is 2.69. The first-order chi connectivity index (χ1) is 9.70. The van der Waals surface area contributed by atoms with Crippen molar-refractivity contribution in [1.82, 2.24) is 4.98 Å². The van der Waals surface area contributed by atoms with Crippen molar-refractivity contribution >= 4 is 11.6 Å². The molecule has 0 fully saturated rings. The van der Waals surface area contributed by atoms with Gasteiger partial charge >= 0.3 is 0 Å². The Bertz CT molecular complexity index is 733. The highest BCUT2D eigenvalue weighted by molar-refractivity contribution is 6.22. The number of hydrogen-bond donors (Lipinski definition) is 0. The third kappa shape index (κ3) is 1.91. The molecule has 0 bridgehead atoms. The average molecular weight is 265 g/mol. The number of rotatable bonds is 2. The van der Waals surface area contributed by atoms with Crippen LogP contribution < -0.4 is 4.74 Å². The van der Waals surface area contributed by atoms with E-state index in [-0.39, 0.29) is 22.8 Å². The Morgan fingerprint density at radius 3 is 2.40 bits per heavy atom. The van der Waals surface area contributed by atoms with E-state index in [4.69, 9.17) is 4.74 Å². The summed E-state index contributed by atoms with van der Waals surface area (Å²) >= 11 is 0. The first kappa shape index (κ1) is 12.3.